The standard InChI is InChI=1S/C24H24FN5O3S.C23H25N5O.C21H21N5O.C21H26N4O3S.C21H26N4O/c1-33-20-6-8-27-24(25)22(20)16-3-4-18-15-28-23(19(18)13-16)17-5-7-26-21(14-17)29-9-11-30(12-10-29)34(2,31)32;1-15-12-28(13-16(2)29-15)22-9-18(6-7-24-22)23-21-8-17(4-5-19(21)10-25-23)20-11-26-27(3)14-20;1-25-14-18(13-24-25)15-2-3-17-12-23-21(19(17)10-15)16-4-5-22-20(11-16)26-6-8-27-9-7-26;1-15(2)28-18-5-4-17-14-23-21(19(17)13-18)16-6-7-22-20(12-16)24-8-10-25(11-9-24)29(3,26)27;1-15(2)26-18-5-4-17-14-23-21(19(17)13-18)16-6-7-22-20(12-16)25-10-8-24(3)9-11-25/h3-8,13-14H,9-12,15H2,1-2H3;4-9,11,14-16H,10,12-13H2,1-3H3;2-5,10-11,13-14H,6-9,12H2,1H3;4-7,12-13,15H,8-11,14H2,1-3H3;4-7,12-13,15H,8-11,14H2,1-3H3/t;15-,16+;;;. The molecule has 10 aliphatic heterocycles. The quantitative estimate of drug-likeness (QED) is 0.0640. The number of hydrogen-bond donors (Lipinski definition) is 0. The fourth-order valence-corrected chi connectivity index (χ4v) is 21.3. The molecule has 0 radical (unpaired) electrons. The van der Waals surface area contributed by atoms with Gasteiger partial charge in [-0.1, -0.05) is 48.5 Å². The van der Waals surface area contributed by atoms with Gasteiger partial charge in [0.1, 0.15) is 46.3 Å². The molecule has 32 nitrogen and oxygen atoms in total. The number of likely N-dealkylation sites (N-methyl/N-ethyl adjacent to an activating group) is 1. The summed E-state index contributed by atoms with van der Waals surface area (Å²) in [6.45, 7) is 29.1. The first kappa shape index (κ1) is 99.5. The van der Waals surface area contributed by atoms with Crippen LogP contribution < -0.4 is 38.7 Å². The van der Waals surface area contributed by atoms with E-state index in [0.717, 1.165) is 216 Å². The molecule has 145 heavy (non-hydrogen) atoms. The Morgan fingerprint density at radius 2 is 0.676 bits per heavy atom. The third kappa shape index (κ3) is 23.3. The van der Waals surface area contributed by atoms with E-state index < -0.39 is 26.0 Å². The summed E-state index contributed by atoms with van der Waals surface area (Å²) < 4.78 is 96.7. The van der Waals surface area contributed by atoms with Gasteiger partial charge >= 0.3 is 0 Å². The number of aromatic nitrogens is 10. The summed E-state index contributed by atoms with van der Waals surface area (Å²) in [4.78, 5) is 64.1. The van der Waals surface area contributed by atoms with Crippen molar-refractivity contribution in [2.75, 3.05) is 169 Å². The number of pyridine rings is 6. The topological polar surface area (TPSA) is 315 Å². The predicted octanol–water partition coefficient (Wildman–Crippen LogP) is 14.1. The second kappa shape index (κ2) is 43.8. The van der Waals surface area contributed by atoms with Crippen LogP contribution in [0.25, 0.3) is 33.4 Å². The lowest BCUT2D eigenvalue weighted by atomic mass is 9.95. The number of anilines is 5. The van der Waals surface area contributed by atoms with Crippen LogP contribution in [0, 0.1) is 5.95 Å². The largest absolute Gasteiger partial charge is 0.496 e. The first-order valence-corrected chi connectivity index (χ1v) is 53.1. The number of sulfonamides is 2. The normalized spacial score (nSPS) is 17.7. The fraction of sp³-hybridized carbons (Fsp3) is 0.355. The molecular weight excluding hydrogens is 1870 g/mol. The van der Waals surface area contributed by atoms with Gasteiger partial charge in [-0.15, -0.1) is 0 Å². The Hall–Kier alpha value is -14.2. The number of aryl methyl sites for hydroxylation is 2. The third-order valence-corrected chi connectivity index (χ3v) is 29.7. The molecule has 35 heteroatoms. The van der Waals surface area contributed by atoms with Crippen molar-refractivity contribution in [3.05, 3.63) is 309 Å². The van der Waals surface area contributed by atoms with Crippen LogP contribution in [0.5, 0.6) is 17.2 Å². The molecule has 0 unspecified atom stereocenters. The minimum absolute atomic E-state index is 0.118. The van der Waals surface area contributed by atoms with Crippen molar-refractivity contribution >= 4 is 77.7 Å². The molecule has 0 amide bonds. The summed E-state index contributed by atoms with van der Waals surface area (Å²) in [6, 6.07) is 53.5. The molecule has 23 rings (SSSR count). The SMILES string of the molecule is CC(C)Oc1ccc2c(c1)C(c1ccnc(N3CCN(C)CC3)c1)=NC2.CC(C)Oc1ccc2c(c1)C(c1ccnc(N3CCN(S(C)(=O)=O)CC3)c1)=NC2.COc1ccnc(F)c1-c1ccc2c(c1)C(c1ccnc(N3CCN(S(C)(=O)=O)CC3)c1)=NC2.C[C@@H]1CN(c2cc(C3=NCc4ccc(-c5cnn(C)c5)cc43)ccn2)C[C@H](C)O1.Cn1cc(-c2ccc3c(c2)C(c2ccnc(N4CCOCC4)c2)=NC3)cn1. The second-order valence-corrected chi connectivity index (χ2v) is 42.2. The highest BCUT2D eigenvalue weighted by Crippen LogP contribution is 2.39. The van der Waals surface area contributed by atoms with E-state index in [9.17, 15) is 21.2 Å². The zero-order valence-electron chi connectivity index (χ0n) is 84.0. The predicted molar refractivity (Wildman–Crippen MR) is 568 cm³/mol. The van der Waals surface area contributed by atoms with Gasteiger partial charge in [0.2, 0.25) is 26.0 Å². The minimum atomic E-state index is -3.19. The van der Waals surface area contributed by atoms with Crippen LogP contribution in [0.4, 0.5) is 33.5 Å². The first-order valence-electron chi connectivity index (χ1n) is 49.4. The van der Waals surface area contributed by atoms with E-state index in [0.29, 0.717) is 82.3 Å². The summed E-state index contributed by atoms with van der Waals surface area (Å²) >= 11 is 0. The number of nitrogens with zero attached hydrogens (tertiary/aromatic N) is 23. The van der Waals surface area contributed by atoms with Crippen molar-refractivity contribution in [3.63, 3.8) is 0 Å². The van der Waals surface area contributed by atoms with Crippen molar-refractivity contribution in [2.24, 2.45) is 39.1 Å². The van der Waals surface area contributed by atoms with Crippen molar-refractivity contribution in [1.29, 1.82) is 0 Å². The fourth-order valence-electron chi connectivity index (χ4n) is 19.7. The molecule has 750 valence electrons. The average Bonchev–Trinajstić information content (AvgIpc) is 1.64. The molecule has 8 aromatic heterocycles. The van der Waals surface area contributed by atoms with Gasteiger partial charge in [-0.25, -0.2) is 46.7 Å². The van der Waals surface area contributed by atoms with Gasteiger partial charge < -0.3 is 53.1 Å². The molecule has 5 aromatic carbocycles. The Bertz CT molecular complexity index is 7330. The Morgan fingerprint density at radius 3 is 1.01 bits per heavy atom. The highest BCUT2D eigenvalue weighted by Gasteiger charge is 2.33. The average molecular weight is 1990 g/mol. The number of hydrogen-bond acceptors (Lipinski definition) is 28. The minimum Gasteiger partial charge on any atom is -0.496 e. The highest BCUT2D eigenvalue weighted by molar-refractivity contribution is 7.88. The van der Waals surface area contributed by atoms with Crippen LogP contribution >= 0.6 is 0 Å². The van der Waals surface area contributed by atoms with Gasteiger partial charge in [-0.2, -0.15) is 23.2 Å². The number of morpholine rings is 2. The maximum Gasteiger partial charge on any atom is 0.224 e. The summed E-state index contributed by atoms with van der Waals surface area (Å²) in [5.74, 6) is 6.24. The molecule has 10 aliphatic rings. The van der Waals surface area contributed by atoms with Crippen LogP contribution in [0.15, 0.2) is 245 Å². The van der Waals surface area contributed by atoms with Gasteiger partial charge in [0, 0.05) is 235 Å². The highest BCUT2D eigenvalue weighted by atomic mass is 32.2. The smallest absolute Gasteiger partial charge is 0.224 e. The Kier molecular flexibility index (Phi) is 30.0. The molecule has 18 heterocycles. The van der Waals surface area contributed by atoms with E-state index in [1.807, 2.05) is 149 Å². The first-order chi connectivity index (χ1) is 70.1. The number of halogens is 1. The molecule has 13 aromatic rings. The van der Waals surface area contributed by atoms with Crippen LogP contribution in [-0.4, -0.2) is 277 Å². The molecule has 0 aliphatic carbocycles. The van der Waals surface area contributed by atoms with Crippen LogP contribution in [0.3, 0.4) is 0 Å². The van der Waals surface area contributed by atoms with E-state index in [4.69, 9.17) is 48.6 Å². The van der Waals surface area contributed by atoms with Gasteiger partial charge in [0.15, 0.2) is 0 Å². The number of fused-ring (bicyclic) bond motifs is 5. The Balaban J connectivity index is 0.000000115. The van der Waals surface area contributed by atoms with Crippen molar-refractivity contribution in [2.45, 2.75) is 98.7 Å². The molecule has 0 saturated carbocycles. The lowest BCUT2D eigenvalue weighted by Crippen LogP contribution is -2.48. The van der Waals surface area contributed by atoms with Crippen molar-refractivity contribution in [1.82, 2.24) is 63.0 Å². The van der Waals surface area contributed by atoms with Gasteiger partial charge in [0.25, 0.3) is 0 Å². The third-order valence-electron chi connectivity index (χ3n) is 27.1. The number of rotatable bonds is 20. The molecule has 0 bridgehead atoms. The Morgan fingerprint density at radius 1 is 0.359 bits per heavy atom. The monoisotopic (exact) mass is 1990 g/mol. The second-order valence-electron chi connectivity index (χ2n) is 38.3. The summed E-state index contributed by atoms with van der Waals surface area (Å²) in [5, 5.41) is 8.59. The molecular formula is C110H122FN23O9S2. The van der Waals surface area contributed by atoms with Crippen LogP contribution in [0.1, 0.15) is 125 Å². The van der Waals surface area contributed by atoms with Crippen molar-refractivity contribution < 1.29 is 44.9 Å². The lowest BCUT2D eigenvalue weighted by molar-refractivity contribution is -0.00546. The molecule has 0 N–H and O–H groups in total. The molecule has 5 fully saturated rings. The van der Waals surface area contributed by atoms with Crippen LogP contribution in [0.2, 0.25) is 0 Å². The van der Waals surface area contributed by atoms with E-state index in [1.54, 1.807) is 18.5 Å². The number of ether oxygens (including phenoxy) is 5. The van der Waals surface area contributed by atoms with Gasteiger partial charge in [-0.3, -0.25) is 34.3 Å². The summed E-state index contributed by atoms with van der Waals surface area (Å²) in [6.07, 6.45) is 21.7. The zero-order valence-corrected chi connectivity index (χ0v) is 85.6. The lowest BCUT2D eigenvalue weighted by Gasteiger charge is -2.36. The summed E-state index contributed by atoms with van der Waals surface area (Å²) in [5.41, 5.74) is 27.4. The van der Waals surface area contributed by atoms with E-state index in [1.165, 1.54) is 78.9 Å². The van der Waals surface area contributed by atoms with E-state index in [2.05, 4.69) is 187 Å². The maximum atomic E-state index is 14.6. The number of aliphatic imine (C=N–C) groups is 5. The van der Waals surface area contributed by atoms with Gasteiger partial charge in [-0.05, 0) is 202 Å². The number of methoxy groups -OCH3 is 1. The van der Waals surface area contributed by atoms with E-state index in [-0.39, 0.29) is 24.4 Å². The molecule has 0 spiro atoms. The molecule has 5 saturated heterocycles. The van der Waals surface area contributed by atoms with Gasteiger partial charge in [0.05, 0.1) is 136 Å². The Labute approximate surface area is 846 Å². The van der Waals surface area contributed by atoms with Crippen LogP contribution in [-0.2, 0) is 76.3 Å². The molecule has 2 atom stereocenters. The zero-order chi connectivity index (χ0) is 101. The number of benzene rings is 5. The maximum absolute atomic E-state index is 14.6. The summed E-state index contributed by atoms with van der Waals surface area (Å²) in [7, 11) is 1.22. The number of piperazine rings is 3. The van der Waals surface area contributed by atoms with E-state index >= 15 is 0 Å². The van der Waals surface area contributed by atoms with Crippen molar-refractivity contribution in [3.8, 4) is 50.6 Å².